The summed E-state index contributed by atoms with van der Waals surface area (Å²) in [5.41, 5.74) is 0.848. The summed E-state index contributed by atoms with van der Waals surface area (Å²) in [6, 6.07) is 0.737. The summed E-state index contributed by atoms with van der Waals surface area (Å²) in [6.07, 6.45) is 8.19. The third-order valence-electron chi connectivity index (χ3n) is 5.28. The Balaban J connectivity index is 1.67. The summed E-state index contributed by atoms with van der Waals surface area (Å²) in [6.45, 7) is 6.96. The highest BCUT2D eigenvalue weighted by Gasteiger charge is 2.27. The van der Waals surface area contributed by atoms with E-state index >= 15 is 0 Å². The summed E-state index contributed by atoms with van der Waals surface area (Å²) in [4.78, 5) is 13.6. The Bertz CT molecular complexity index is 524. The quantitative estimate of drug-likeness (QED) is 0.854. The van der Waals surface area contributed by atoms with Gasteiger partial charge in [0.05, 0.1) is 0 Å². The fraction of sp³-hybridized carbons (Fsp3) is 0.765. The molecule has 0 bridgehead atoms. The van der Waals surface area contributed by atoms with E-state index in [4.69, 9.17) is 11.6 Å². The van der Waals surface area contributed by atoms with Gasteiger partial charge in [-0.05, 0) is 45.1 Å². The molecule has 1 aromatic rings. The van der Waals surface area contributed by atoms with E-state index in [1.165, 1.54) is 45.2 Å². The molecule has 0 spiro atoms. The first-order chi connectivity index (χ1) is 11.2. The maximum absolute atomic E-state index is 6.21. The van der Waals surface area contributed by atoms with Crippen molar-refractivity contribution in [2.24, 2.45) is 5.92 Å². The van der Waals surface area contributed by atoms with Gasteiger partial charge in [-0.1, -0.05) is 18.0 Å². The number of hydrogen-bond acceptors (Lipinski definition) is 5. The lowest BCUT2D eigenvalue weighted by Crippen LogP contribution is -2.45. The van der Waals surface area contributed by atoms with Gasteiger partial charge in [-0.2, -0.15) is 0 Å². The van der Waals surface area contributed by atoms with Crippen LogP contribution < -0.4 is 10.2 Å². The monoisotopic (exact) mass is 337 g/mol. The van der Waals surface area contributed by atoms with Crippen LogP contribution in [0.5, 0.6) is 0 Å². The molecule has 2 aliphatic heterocycles. The summed E-state index contributed by atoms with van der Waals surface area (Å²) in [7, 11) is 1.88. The fourth-order valence-electron chi connectivity index (χ4n) is 3.98. The molecule has 2 unspecified atom stereocenters. The van der Waals surface area contributed by atoms with Gasteiger partial charge in [0, 0.05) is 32.7 Å². The molecule has 0 aromatic carbocycles. The van der Waals surface area contributed by atoms with Crippen molar-refractivity contribution in [2.75, 3.05) is 43.4 Å². The first-order valence-electron chi connectivity index (χ1n) is 8.86. The largest absolute Gasteiger partial charge is 0.383 e. The van der Waals surface area contributed by atoms with E-state index < -0.39 is 0 Å². The van der Waals surface area contributed by atoms with E-state index in [2.05, 4.69) is 32.0 Å². The average molecular weight is 338 g/mol. The van der Waals surface area contributed by atoms with Crippen molar-refractivity contribution >= 4 is 23.1 Å². The third kappa shape index (κ3) is 3.89. The summed E-state index contributed by atoms with van der Waals surface area (Å²) >= 11 is 6.21. The molecule has 2 atom stereocenters. The molecular weight excluding hydrogens is 310 g/mol. The second-order valence-electron chi connectivity index (χ2n) is 6.91. The number of likely N-dealkylation sites (tertiary alicyclic amines) is 1. The standard InChI is InChI=1S/C17H28ClN5/c1-13-6-3-4-8-22(13)10-14-7-5-9-23(11-14)17-15(19-2)16(18)20-12-21-17/h12-14,19H,3-11H2,1-2H3. The van der Waals surface area contributed by atoms with Crippen LogP contribution in [0.3, 0.4) is 0 Å². The van der Waals surface area contributed by atoms with Gasteiger partial charge < -0.3 is 15.1 Å². The molecule has 0 amide bonds. The Labute approximate surface area is 144 Å². The highest BCUT2D eigenvalue weighted by atomic mass is 35.5. The summed E-state index contributed by atoms with van der Waals surface area (Å²) < 4.78 is 0. The van der Waals surface area contributed by atoms with Crippen LogP contribution in [0.4, 0.5) is 11.5 Å². The first kappa shape index (κ1) is 16.8. The molecule has 0 saturated carbocycles. The zero-order valence-corrected chi connectivity index (χ0v) is 15.0. The van der Waals surface area contributed by atoms with E-state index in [0.29, 0.717) is 11.1 Å². The number of hydrogen-bond donors (Lipinski definition) is 1. The molecule has 23 heavy (non-hydrogen) atoms. The minimum Gasteiger partial charge on any atom is -0.383 e. The molecular formula is C17H28ClN5. The number of rotatable bonds is 4. The number of piperidine rings is 2. The van der Waals surface area contributed by atoms with Crippen LogP contribution in [0.25, 0.3) is 0 Å². The predicted molar refractivity (Wildman–Crippen MR) is 96.4 cm³/mol. The number of nitrogens with zero attached hydrogens (tertiary/aromatic N) is 4. The zero-order chi connectivity index (χ0) is 16.2. The average Bonchev–Trinajstić information content (AvgIpc) is 2.57. The molecule has 0 radical (unpaired) electrons. The van der Waals surface area contributed by atoms with Crippen LogP contribution in [0, 0.1) is 5.92 Å². The van der Waals surface area contributed by atoms with Crippen molar-refractivity contribution in [3.63, 3.8) is 0 Å². The van der Waals surface area contributed by atoms with Crippen LogP contribution in [-0.2, 0) is 0 Å². The Morgan fingerprint density at radius 2 is 2.09 bits per heavy atom. The lowest BCUT2D eigenvalue weighted by Gasteiger charge is -2.40. The maximum atomic E-state index is 6.21. The summed E-state index contributed by atoms with van der Waals surface area (Å²) in [5, 5.41) is 3.66. The van der Waals surface area contributed by atoms with E-state index in [1.54, 1.807) is 6.33 Å². The van der Waals surface area contributed by atoms with E-state index in [9.17, 15) is 0 Å². The zero-order valence-electron chi connectivity index (χ0n) is 14.3. The minimum absolute atomic E-state index is 0.504. The molecule has 3 rings (SSSR count). The van der Waals surface area contributed by atoms with Gasteiger partial charge >= 0.3 is 0 Å². The number of halogens is 1. The molecule has 6 heteroatoms. The lowest BCUT2D eigenvalue weighted by atomic mass is 9.94. The highest BCUT2D eigenvalue weighted by molar-refractivity contribution is 6.32. The van der Waals surface area contributed by atoms with Crippen LogP contribution in [0.1, 0.15) is 39.0 Å². The van der Waals surface area contributed by atoms with Gasteiger partial charge in [-0.3, -0.25) is 0 Å². The SMILES string of the molecule is CNc1c(Cl)ncnc1N1CCCC(CN2CCCCC2C)C1. The van der Waals surface area contributed by atoms with Crippen molar-refractivity contribution in [3.05, 3.63) is 11.5 Å². The van der Waals surface area contributed by atoms with Gasteiger partial charge in [0.15, 0.2) is 11.0 Å². The van der Waals surface area contributed by atoms with Crippen molar-refractivity contribution in [3.8, 4) is 0 Å². The molecule has 1 N–H and O–H groups in total. The van der Waals surface area contributed by atoms with Crippen LogP contribution in [0.15, 0.2) is 6.33 Å². The maximum Gasteiger partial charge on any atom is 0.157 e. The minimum atomic E-state index is 0.504. The van der Waals surface area contributed by atoms with Gasteiger partial charge in [-0.25, -0.2) is 9.97 Å². The topological polar surface area (TPSA) is 44.3 Å². The lowest BCUT2D eigenvalue weighted by molar-refractivity contribution is 0.130. The highest BCUT2D eigenvalue weighted by Crippen LogP contribution is 2.32. The second-order valence-corrected chi connectivity index (χ2v) is 7.27. The van der Waals surface area contributed by atoms with Gasteiger partial charge in [0.2, 0.25) is 0 Å². The Hall–Kier alpha value is -1.07. The number of nitrogens with one attached hydrogen (secondary N) is 1. The molecule has 2 saturated heterocycles. The molecule has 1 aromatic heterocycles. The molecule has 3 heterocycles. The number of aromatic nitrogens is 2. The van der Waals surface area contributed by atoms with E-state index in [1.807, 2.05) is 7.05 Å². The Kier molecular flexibility index (Phi) is 5.59. The Morgan fingerprint density at radius 3 is 2.87 bits per heavy atom. The molecule has 2 aliphatic rings. The molecule has 5 nitrogen and oxygen atoms in total. The first-order valence-corrected chi connectivity index (χ1v) is 9.24. The van der Waals surface area contributed by atoms with Crippen LogP contribution >= 0.6 is 11.6 Å². The van der Waals surface area contributed by atoms with Crippen LogP contribution in [0.2, 0.25) is 5.15 Å². The predicted octanol–water partition coefficient (Wildman–Crippen LogP) is 3.26. The molecule has 0 aliphatic carbocycles. The molecule has 2 fully saturated rings. The van der Waals surface area contributed by atoms with Crippen molar-refractivity contribution in [2.45, 2.75) is 45.1 Å². The fourth-order valence-corrected chi connectivity index (χ4v) is 4.20. The van der Waals surface area contributed by atoms with E-state index in [0.717, 1.165) is 30.6 Å². The Morgan fingerprint density at radius 1 is 1.22 bits per heavy atom. The summed E-state index contributed by atoms with van der Waals surface area (Å²) in [5.74, 6) is 1.66. The van der Waals surface area contributed by atoms with Crippen LogP contribution in [-0.4, -0.2) is 54.1 Å². The second kappa shape index (κ2) is 7.67. The number of anilines is 2. The normalized spacial score (nSPS) is 26.3. The van der Waals surface area contributed by atoms with Crippen molar-refractivity contribution in [1.82, 2.24) is 14.9 Å². The van der Waals surface area contributed by atoms with Crippen molar-refractivity contribution in [1.29, 1.82) is 0 Å². The van der Waals surface area contributed by atoms with E-state index in [-0.39, 0.29) is 0 Å². The van der Waals surface area contributed by atoms with Crippen molar-refractivity contribution < 1.29 is 0 Å². The van der Waals surface area contributed by atoms with Gasteiger partial charge in [-0.15, -0.1) is 0 Å². The smallest absolute Gasteiger partial charge is 0.157 e. The van der Waals surface area contributed by atoms with Gasteiger partial charge in [0.25, 0.3) is 0 Å². The van der Waals surface area contributed by atoms with Gasteiger partial charge in [0.1, 0.15) is 12.0 Å². The third-order valence-corrected chi connectivity index (χ3v) is 5.57. The molecule has 128 valence electrons.